The molecule has 1 aromatic carbocycles. The molecule has 0 fully saturated rings. The summed E-state index contributed by atoms with van der Waals surface area (Å²) in [6.07, 6.45) is 4.72. The fraction of sp³-hybridized carbons (Fsp3) is 0.182. The van der Waals surface area contributed by atoms with Crippen molar-refractivity contribution in [2.75, 3.05) is 7.11 Å². The average molecular weight is 440 g/mol. The van der Waals surface area contributed by atoms with Crippen LogP contribution >= 0.6 is 11.6 Å². The van der Waals surface area contributed by atoms with Gasteiger partial charge in [-0.2, -0.15) is 5.10 Å². The van der Waals surface area contributed by atoms with E-state index in [1.54, 1.807) is 37.7 Å². The molecule has 2 amide bonds. The number of pyridine rings is 1. The van der Waals surface area contributed by atoms with Crippen molar-refractivity contribution in [2.45, 2.75) is 20.4 Å². The number of carbonyl (C=O) groups excluding carboxylic acids is 2. The van der Waals surface area contributed by atoms with Crippen LogP contribution in [0.4, 0.5) is 0 Å². The molecule has 9 heteroatoms. The zero-order valence-electron chi connectivity index (χ0n) is 17.3. The summed E-state index contributed by atoms with van der Waals surface area (Å²) >= 11 is 6.25. The Morgan fingerprint density at radius 1 is 1.16 bits per heavy atom. The first kappa shape index (κ1) is 22.0. The largest absolute Gasteiger partial charge is 0.495 e. The first-order valence-electron chi connectivity index (χ1n) is 9.43. The third-order valence-electron chi connectivity index (χ3n) is 4.64. The van der Waals surface area contributed by atoms with E-state index in [0.717, 1.165) is 28.2 Å². The number of hydrogen-bond acceptors (Lipinski definition) is 5. The van der Waals surface area contributed by atoms with E-state index in [2.05, 4.69) is 20.8 Å². The molecule has 160 valence electrons. The van der Waals surface area contributed by atoms with Crippen LogP contribution < -0.4 is 15.5 Å². The van der Waals surface area contributed by atoms with E-state index in [-0.39, 0.29) is 6.54 Å². The van der Waals surface area contributed by atoms with Crippen molar-refractivity contribution in [1.29, 1.82) is 0 Å². The number of hydrogen-bond donors (Lipinski definition) is 2. The van der Waals surface area contributed by atoms with Crippen LogP contribution in [-0.4, -0.2) is 34.7 Å². The fourth-order valence-corrected chi connectivity index (χ4v) is 3.34. The summed E-state index contributed by atoms with van der Waals surface area (Å²) < 4.78 is 7.21. The number of aryl methyl sites for hydroxylation is 1. The van der Waals surface area contributed by atoms with Crippen LogP contribution in [0.5, 0.6) is 5.75 Å². The van der Waals surface area contributed by atoms with Gasteiger partial charge in [0, 0.05) is 41.6 Å². The Balaban J connectivity index is 1.65. The standard InChI is InChI=1S/C22H22ClN5O3/c1-14-10-17(15(2)28(14)18-4-5-20(31-3)19(23)11-18)13-26-27-22(30)21(29)25-12-16-6-8-24-9-7-16/h4-11,13H,12H2,1-3H3,(H,25,29)(H,27,30)/b26-13-. The number of benzene rings is 1. The van der Waals surface area contributed by atoms with Gasteiger partial charge in [0.2, 0.25) is 0 Å². The third kappa shape index (κ3) is 5.29. The van der Waals surface area contributed by atoms with Crippen molar-refractivity contribution in [3.8, 4) is 11.4 Å². The number of methoxy groups -OCH3 is 1. The first-order valence-corrected chi connectivity index (χ1v) is 9.81. The van der Waals surface area contributed by atoms with Gasteiger partial charge in [-0.1, -0.05) is 11.6 Å². The number of aromatic nitrogens is 2. The van der Waals surface area contributed by atoms with Crippen LogP contribution in [0.25, 0.3) is 5.69 Å². The lowest BCUT2D eigenvalue weighted by Gasteiger charge is -2.11. The number of amides is 2. The smallest absolute Gasteiger partial charge is 0.329 e. The van der Waals surface area contributed by atoms with Gasteiger partial charge in [0.25, 0.3) is 0 Å². The van der Waals surface area contributed by atoms with Gasteiger partial charge in [0.05, 0.1) is 18.3 Å². The van der Waals surface area contributed by atoms with E-state index in [9.17, 15) is 9.59 Å². The number of rotatable bonds is 6. The van der Waals surface area contributed by atoms with E-state index in [1.165, 1.54) is 6.21 Å². The molecule has 0 aliphatic rings. The molecule has 0 unspecified atom stereocenters. The van der Waals surface area contributed by atoms with Crippen LogP contribution in [0.15, 0.2) is 53.9 Å². The molecule has 0 spiro atoms. The van der Waals surface area contributed by atoms with Gasteiger partial charge in [-0.3, -0.25) is 14.6 Å². The van der Waals surface area contributed by atoms with Gasteiger partial charge in [0.1, 0.15) is 5.75 Å². The maximum Gasteiger partial charge on any atom is 0.329 e. The molecule has 0 saturated heterocycles. The molecule has 2 N–H and O–H groups in total. The topological polar surface area (TPSA) is 97.6 Å². The molecule has 3 rings (SSSR count). The van der Waals surface area contributed by atoms with Gasteiger partial charge >= 0.3 is 11.8 Å². The molecule has 0 radical (unpaired) electrons. The third-order valence-corrected chi connectivity index (χ3v) is 4.94. The van der Waals surface area contributed by atoms with E-state index in [4.69, 9.17) is 16.3 Å². The lowest BCUT2D eigenvalue weighted by molar-refractivity contribution is -0.139. The van der Waals surface area contributed by atoms with Crippen molar-refractivity contribution < 1.29 is 14.3 Å². The van der Waals surface area contributed by atoms with Gasteiger partial charge < -0.3 is 14.6 Å². The minimum atomic E-state index is -0.846. The number of nitrogens with one attached hydrogen (secondary N) is 2. The van der Waals surface area contributed by atoms with Crippen molar-refractivity contribution in [1.82, 2.24) is 20.3 Å². The first-order chi connectivity index (χ1) is 14.9. The molecule has 3 aromatic rings. The van der Waals surface area contributed by atoms with Gasteiger partial charge in [-0.15, -0.1) is 0 Å². The molecule has 0 bridgehead atoms. The van der Waals surface area contributed by atoms with E-state index in [1.807, 2.05) is 36.6 Å². The zero-order valence-corrected chi connectivity index (χ0v) is 18.1. The summed E-state index contributed by atoms with van der Waals surface area (Å²) in [6.45, 7) is 4.10. The lowest BCUT2D eigenvalue weighted by Crippen LogP contribution is -2.37. The Labute approximate surface area is 184 Å². The second kappa shape index (κ2) is 9.90. The number of hydrazone groups is 1. The molecule has 8 nitrogen and oxygen atoms in total. The lowest BCUT2D eigenvalue weighted by atomic mass is 10.2. The summed E-state index contributed by atoms with van der Waals surface area (Å²) in [6, 6.07) is 10.9. The minimum Gasteiger partial charge on any atom is -0.495 e. The summed E-state index contributed by atoms with van der Waals surface area (Å²) in [4.78, 5) is 27.8. The number of nitrogens with zero attached hydrogens (tertiary/aromatic N) is 3. The predicted octanol–water partition coefficient (Wildman–Crippen LogP) is 2.92. The Bertz CT molecular complexity index is 1130. The van der Waals surface area contributed by atoms with Crippen LogP contribution in [0.2, 0.25) is 5.02 Å². The van der Waals surface area contributed by atoms with Crippen molar-refractivity contribution in [2.24, 2.45) is 5.10 Å². The number of halogens is 1. The quantitative estimate of drug-likeness (QED) is 0.350. The van der Waals surface area contributed by atoms with Crippen molar-refractivity contribution >= 4 is 29.6 Å². The Morgan fingerprint density at radius 2 is 1.90 bits per heavy atom. The van der Waals surface area contributed by atoms with Crippen LogP contribution in [0.3, 0.4) is 0 Å². The van der Waals surface area contributed by atoms with E-state index in [0.29, 0.717) is 10.8 Å². The highest BCUT2D eigenvalue weighted by molar-refractivity contribution is 6.35. The Kier molecular flexibility index (Phi) is 7.04. The molecule has 0 aliphatic carbocycles. The highest BCUT2D eigenvalue weighted by atomic mass is 35.5. The SMILES string of the molecule is COc1ccc(-n2c(C)cc(/C=N\NC(=O)C(=O)NCc3ccncc3)c2C)cc1Cl. The Morgan fingerprint density at radius 3 is 2.58 bits per heavy atom. The normalized spacial score (nSPS) is 10.8. The van der Waals surface area contributed by atoms with E-state index >= 15 is 0 Å². The summed E-state index contributed by atoms with van der Waals surface area (Å²) in [5, 5.41) is 6.95. The highest BCUT2D eigenvalue weighted by Gasteiger charge is 2.13. The molecule has 31 heavy (non-hydrogen) atoms. The monoisotopic (exact) mass is 439 g/mol. The predicted molar refractivity (Wildman–Crippen MR) is 119 cm³/mol. The van der Waals surface area contributed by atoms with Crippen LogP contribution in [0, 0.1) is 13.8 Å². The fourth-order valence-electron chi connectivity index (χ4n) is 3.08. The second-order valence-corrected chi connectivity index (χ2v) is 7.13. The van der Waals surface area contributed by atoms with Crippen molar-refractivity contribution in [3.05, 3.63) is 76.3 Å². The van der Waals surface area contributed by atoms with Crippen LogP contribution in [-0.2, 0) is 16.1 Å². The molecule has 0 saturated carbocycles. The van der Waals surface area contributed by atoms with Gasteiger partial charge in [-0.05, 0) is 55.8 Å². The molecular weight excluding hydrogens is 418 g/mol. The number of ether oxygens (including phenoxy) is 1. The summed E-state index contributed by atoms with van der Waals surface area (Å²) in [5.41, 5.74) is 6.61. The molecule has 0 atom stereocenters. The van der Waals surface area contributed by atoms with Gasteiger partial charge in [0.15, 0.2) is 0 Å². The van der Waals surface area contributed by atoms with Crippen LogP contribution in [0.1, 0.15) is 22.5 Å². The van der Waals surface area contributed by atoms with Gasteiger partial charge in [-0.25, -0.2) is 5.43 Å². The molecule has 2 heterocycles. The number of carbonyl (C=O) groups is 2. The second-order valence-electron chi connectivity index (χ2n) is 6.72. The molecule has 2 aromatic heterocycles. The summed E-state index contributed by atoms with van der Waals surface area (Å²) in [5.74, 6) is -1.02. The average Bonchev–Trinajstić information content (AvgIpc) is 3.05. The molecular formula is C22H22ClN5O3. The molecule has 0 aliphatic heterocycles. The maximum atomic E-state index is 11.9. The van der Waals surface area contributed by atoms with Crippen molar-refractivity contribution in [3.63, 3.8) is 0 Å². The maximum absolute atomic E-state index is 11.9. The minimum absolute atomic E-state index is 0.226. The zero-order chi connectivity index (χ0) is 22.4. The van der Waals surface area contributed by atoms with E-state index < -0.39 is 11.8 Å². The Hall–Kier alpha value is -3.65. The highest BCUT2D eigenvalue weighted by Crippen LogP contribution is 2.28. The summed E-state index contributed by atoms with van der Waals surface area (Å²) in [7, 11) is 1.56.